The molecule has 0 saturated heterocycles. The van der Waals surface area contributed by atoms with Crippen LogP contribution in [0.4, 0.5) is 10.1 Å². The molecule has 0 fully saturated rings. The first kappa shape index (κ1) is 16.7. The van der Waals surface area contributed by atoms with Gasteiger partial charge in [0.2, 0.25) is 0 Å². The lowest BCUT2D eigenvalue weighted by atomic mass is 9.99. The van der Waals surface area contributed by atoms with Crippen LogP contribution in [0.2, 0.25) is 5.02 Å². The van der Waals surface area contributed by atoms with E-state index in [0.717, 1.165) is 4.90 Å². The molecule has 2 aliphatic heterocycles. The Morgan fingerprint density at radius 1 is 1.12 bits per heavy atom. The topological polar surface area (TPSA) is 57.7 Å². The molecule has 0 spiro atoms. The summed E-state index contributed by atoms with van der Waals surface area (Å²) in [5.74, 6) is -1.78. The number of rotatable bonds is 1. The normalized spacial score (nSPS) is 16.0. The Balaban J connectivity index is 1.77. The highest BCUT2D eigenvalue weighted by Crippen LogP contribution is 2.36. The maximum atomic E-state index is 14.4. The molecule has 0 unspecified atom stereocenters. The number of carbonyl (C=O) groups is 3. The summed E-state index contributed by atoms with van der Waals surface area (Å²) in [6.07, 6.45) is 1.25. The van der Waals surface area contributed by atoms with Crippen LogP contribution in [0.25, 0.3) is 0 Å². The minimum Gasteiger partial charge on any atom is -0.305 e. The minimum atomic E-state index is -0.510. The standard InChI is InChI=1S/C19H14ClFN2O3/c1-22-18(25)11-5-4-10(9-13(11)19(22)26)17(24)23-8-2-3-12-14(20)6-7-15(21)16(12)23/h4-7,9H,2-3,8H2,1H3. The predicted molar refractivity (Wildman–Crippen MR) is 94.3 cm³/mol. The molecule has 0 N–H and O–H groups in total. The molecule has 0 atom stereocenters. The van der Waals surface area contributed by atoms with Crippen molar-refractivity contribution in [2.24, 2.45) is 0 Å². The molecule has 2 heterocycles. The first-order valence-electron chi connectivity index (χ1n) is 8.15. The summed E-state index contributed by atoms with van der Waals surface area (Å²) in [7, 11) is 1.39. The van der Waals surface area contributed by atoms with Crippen molar-refractivity contribution in [3.63, 3.8) is 0 Å². The van der Waals surface area contributed by atoms with Crippen LogP contribution < -0.4 is 4.90 Å². The third kappa shape index (κ3) is 2.33. The summed E-state index contributed by atoms with van der Waals surface area (Å²) < 4.78 is 14.4. The van der Waals surface area contributed by atoms with Crippen LogP contribution in [0.5, 0.6) is 0 Å². The van der Waals surface area contributed by atoms with E-state index in [1.54, 1.807) is 0 Å². The van der Waals surface area contributed by atoms with Crippen molar-refractivity contribution in [2.75, 3.05) is 18.5 Å². The fourth-order valence-corrected chi connectivity index (χ4v) is 3.74. The maximum absolute atomic E-state index is 14.4. The SMILES string of the molecule is CN1C(=O)c2ccc(C(=O)N3CCCc4c(Cl)ccc(F)c43)cc2C1=O. The van der Waals surface area contributed by atoms with Gasteiger partial charge >= 0.3 is 0 Å². The van der Waals surface area contributed by atoms with Gasteiger partial charge in [0.05, 0.1) is 16.8 Å². The molecule has 4 rings (SSSR count). The van der Waals surface area contributed by atoms with Gasteiger partial charge in [0, 0.05) is 24.2 Å². The first-order chi connectivity index (χ1) is 12.4. The monoisotopic (exact) mass is 372 g/mol. The lowest BCUT2D eigenvalue weighted by molar-refractivity contribution is 0.0693. The summed E-state index contributed by atoms with van der Waals surface area (Å²) in [5.41, 5.74) is 1.48. The van der Waals surface area contributed by atoms with Crippen LogP contribution in [0.15, 0.2) is 30.3 Å². The number of benzene rings is 2. The van der Waals surface area contributed by atoms with Crippen molar-refractivity contribution in [3.8, 4) is 0 Å². The van der Waals surface area contributed by atoms with E-state index in [2.05, 4.69) is 0 Å². The molecular weight excluding hydrogens is 359 g/mol. The van der Waals surface area contributed by atoms with E-state index in [1.165, 1.54) is 42.3 Å². The van der Waals surface area contributed by atoms with Crippen molar-refractivity contribution in [1.82, 2.24) is 4.90 Å². The first-order valence-corrected chi connectivity index (χ1v) is 8.53. The summed E-state index contributed by atoms with van der Waals surface area (Å²) >= 11 is 6.17. The number of fused-ring (bicyclic) bond motifs is 2. The second-order valence-corrected chi connectivity index (χ2v) is 6.75. The fraction of sp³-hybridized carbons (Fsp3) is 0.211. The maximum Gasteiger partial charge on any atom is 0.261 e. The highest BCUT2D eigenvalue weighted by molar-refractivity contribution is 6.32. The molecule has 0 aromatic heterocycles. The van der Waals surface area contributed by atoms with Gasteiger partial charge in [-0.3, -0.25) is 19.3 Å². The van der Waals surface area contributed by atoms with E-state index in [-0.39, 0.29) is 22.4 Å². The van der Waals surface area contributed by atoms with Crippen LogP contribution in [0, 0.1) is 5.82 Å². The van der Waals surface area contributed by atoms with Crippen molar-refractivity contribution >= 4 is 35.0 Å². The predicted octanol–water partition coefficient (Wildman–Crippen LogP) is 3.30. The Hall–Kier alpha value is -2.73. The molecule has 132 valence electrons. The molecule has 0 radical (unpaired) electrons. The zero-order chi connectivity index (χ0) is 18.6. The number of amides is 3. The van der Waals surface area contributed by atoms with Gasteiger partial charge < -0.3 is 4.90 Å². The van der Waals surface area contributed by atoms with E-state index >= 15 is 0 Å². The van der Waals surface area contributed by atoms with Crippen molar-refractivity contribution in [1.29, 1.82) is 0 Å². The van der Waals surface area contributed by atoms with E-state index in [9.17, 15) is 18.8 Å². The molecule has 2 aliphatic rings. The van der Waals surface area contributed by atoms with Crippen LogP contribution >= 0.6 is 11.6 Å². The third-order valence-corrected chi connectivity index (χ3v) is 5.19. The van der Waals surface area contributed by atoms with Gasteiger partial charge in [-0.25, -0.2) is 4.39 Å². The molecule has 0 saturated carbocycles. The fourth-order valence-electron chi connectivity index (χ4n) is 3.49. The minimum absolute atomic E-state index is 0.187. The largest absolute Gasteiger partial charge is 0.305 e. The molecule has 0 aliphatic carbocycles. The second kappa shape index (κ2) is 5.92. The van der Waals surface area contributed by atoms with Crippen LogP contribution in [-0.2, 0) is 6.42 Å². The van der Waals surface area contributed by atoms with E-state index < -0.39 is 23.5 Å². The zero-order valence-electron chi connectivity index (χ0n) is 13.9. The van der Waals surface area contributed by atoms with E-state index in [4.69, 9.17) is 11.6 Å². The molecule has 2 aromatic carbocycles. The number of hydrogen-bond donors (Lipinski definition) is 0. The van der Waals surface area contributed by atoms with Crippen molar-refractivity contribution < 1.29 is 18.8 Å². The van der Waals surface area contributed by atoms with E-state index in [1.807, 2.05) is 0 Å². The Labute approximate surface area is 154 Å². The van der Waals surface area contributed by atoms with Crippen molar-refractivity contribution in [2.45, 2.75) is 12.8 Å². The molecular formula is C19H14ClFN2O3. The number of hydrogen-bond acceptors (Lipinski definition) is 3. The highest BCUT2D eigenvalue weighted by atomic mass is 35.5. The summed E-state index contributed by atoms with van der Waals surface area (Å²) in [6, 6.07) is 7.08. The second-order valence-electron chi connectivity index (χ2n) is 6.35. The van der Waals surface area contributed by atoms with Gasteiger partial charge in [-0.1, -0.05) is 11.6 Å². The Morgan fingerprint density at radius 3 is 2.62 bits per heavy atom. The van der Waals surface area contributed by atoms with Crippen molar-refractivity contribution in [3.05, 3.63) is 63.4 Å². The molecule has 5 nitrogen and oxygen atoms in total. The summed E-state index contributed by atoms with van der Waals surface area (Å²) in [4.78, 5) is 39.5. The number of carbonyl (C=O) groups excluding carboxylic acids is 3. The summed E-state index contributed by atoms with van der Waals surface area (Å²) in [5, 5.41) is 0.426. The molecule has 2 aromatic rings. The van der Waals surface area contributed by atoms with Crippen LogP contribution in [0.1, 0.15) is 43.1 Å². The van der Waals surface area contributed by atoms with Gasteiger partial charge in [-0.2, -0.15) is 0 Å². The zero-order valence-corrected chi connectivity index (χ0v) is 14.6. The van der Waals surface area contributed by atoms with E-state index in [0.29, 0.717) is 30.0 Å². The van der Waals surface area contributed by atoms with Crippen LogP contribution in [-0.4, -0.2) is 36.2 Å². The number of nitrogens with zero attached hydrogens (tertiary/aromatic N) is 2. The average Bonchev–Trinajstić information content (AvgIpc) is 2.87. The lowest BCUT2D eigenvalue weighted by Gasteiger charge is -2.30. The van der Waals surface area contributed by atoms with Gasteiger partial charge in [0.15, 0.2) is 0 Å². The van der Waals surface area contributed by atoms with Gasteiger partial charge in [-0.05, 0) is 48.7 Å². The number of imide groups is 1. The lowest BCUT2D eigenvalue weighted by Crippen LogP contribution is -2.36. The average molecular weight is 373 g/mol. The third-order valence-electron chi connectivity index (χ3n) is 4.84. The number of anilines is 1. The Kier molecular flexibility index (Phi) is 3.80. The smallest absolute Gasteiger partial charge is 0.261 e. The Bertz CT molecular complexity index is 989. The van der Waals surface area contributed by atoms with Crippen LogP contribution in [0.3, 0.4) is 0 Å². The molecule has 0 bridgehead atoms. The molecule has 3 amide bonds. The molecule has 26 heavy (non-hydrogen) atoms. The summed E-state index contributed by atoms with van der Waals surface area (Å²) in [6.45, 7) is 0.354. The van der Waals surface area contributed by atoms with Gasteiger partial charge in [0.1, 0.15) is 5.82 Å². The molecule has 7 heteroatoms. The Morgan fingerprint density at radius 2 is 1.85 bits per heavy atom. The van der Waals surface area contributed by atoms with Gasteiger partial charge in [0.25, 0.3) is 17.7 Å². The van der Waals surface area contributed by atoms with Gasteiger partial charge in [-0.15, -0.1) is 0 Å². The number of halogens is 2. The quantitative estimate of drug-likeness (QED) is 0.722. The highest BCUT2D eigenvalue weighted by Gasteiger charge is 2.34.